The van der Waals surface area contributed by atoms with Crippen molar-refractivity contribution in [2.24, 2.45) is 0 Å². The standard InChI is InChI=1S/C25H29ClN2O5/c1-4-32-23-16-18(15-21(26)25(23)33-17-24(30)27(2)3)5-10-22(29)19-6-8-20(9-7-19)28-11-13-31-14-12-28/h5-10,15-16H,4,11-14,17H2,1-3H3/b10-5+. The minimum Gasteiger partial charge on any atom is -0.490 e. The molecule has 2 aromatic carbocycles. The normalized spacial score (nSPS) is 13.8. The van der Waals surface area contributed by atoms with E-state index in [2.05, 4.69) is 4.90 Å². The summed E-state index contributed by atoms with van der Waals surface area (Å²) in [5.74, 6) is 0.409. The van der Waals surface area contributed by atoms with Crippen LogP contribution in [-0.2, 0) is 9.53 Å². The van der Waals surface area contributed by atoms with Crippen LogP contribution in [0, 0.1) is 0 Å². The van der Waals surface area contributed by atoms with Gasteiger partial charge >= 0.3 is 0 Å². The molecule has 1 aliphatic rings. The highest BCUT2D eigenvalue weighted by Gasteiger charge is 2.15. The molecule has 0 spiro atoms. The Morgan fingerprint density at radius 2 is 1.82 bits per heavy atom. The fourth-order valence-corrected chi connectivity index (χ4v) is 3.55. The van der Waals surface area contributed by atoms with Gasteiger partial charge in [0.05, 0.1) is 24.8 Å². The van der Waals surface area contributed by atoms with Crippen LogP contribution in [0.4, 0.5) is 5.69 Å². The van der Waals surface area contributed by atoms with E-state index in [0.717, 1.165) is 18.8 Å². The average Bonchev–Trinajstić information content (AvgIpc) is 2.82. The van der Waals surface area contributed by atoms with Crippen LogP contribution in [-0.4, -0.2) is 70.2 Å². The van der Waals surface area contributed by atoms with E-state index in [9.17, 15) is 9.59 Å². The van der Waals surface area contributed by atoms with Gasteiger partial charge in [-0.2, -0.15) is 0 Å². The van der Waals surface area contributed by atoms with Crippen LogP contribution < -0.4 is 14.4 Å². The van der Waals surface area contributed by atoms with Gasteiger partial charge in [0.1, 0.15) is 0 Å². The number of morpholine rings is 1. The zero-order valence-corrected chi connectivity index (χ0v) is 19.9. The van der Waals surface area contributed by atoms with Gasteiger partial charge in [-0.25, -0.2) is 0 Å². The molecule has 1 saturated heterocycles. The van der Waals surface area contributed by atoms with E-state index in [1.54, 1.807) is 32.3 Å². The predicted octanol–water partition coefficient (Wildman–Crippen LogP) is 3.94. The number of hydrogen-bond donors (Lipinski definition) is 0. The summed E-state index contributed by atoms with van der Waals surface area (Å²) in [5, 5.41) is 0.300. The van der Waals surface area contributed by atoms with E-state index in [1.165, 1.54) is 11.0 Å². The highest BCUT2D eigenvalue weighted by molar-refractivity contribution is 6.32. The van der Waals surface area contributed by atoms with Crippen LogP contribution in [0.15, 0.2) is 42.5 Å². The summed E-state index contributed by atoms with van der Waals surface area (Å²) in [5.41, 5.74) is 2.37. The maximum atomic E-state index is 12.7. The summed E-state index contributed by atoms with van der Waals surface area (Å²) in [4.78, 5) is 28.2. The minimum absolute atomic E-state index is 0.116. The highest BCUT2D eigenvalue weighted by atomic mass is 35.5. The third-order valence-electron chi connectivity index (χ3n) is 5.13. The van der Waals surface area contributed by atoms with Gasteiger partial charge < -0.3 is 24.0 Å². The average molecular weight is 473 g/mol. The van der Waals surface area contributed by atoms with Crippen molar-refractivity contribution in [3.8, 4) is 11.5 Å². The van der Waals surface area contributed by atoms with E-state index in [1.807, 2.05) is 31.2 Å². The second kappa shape index (κ2) is 11.7. The Labute approximate surface area is 199 Å². The van der Waals surface area contributed by atoms with Crippen molar-refractivity contribution in [1.82, 2.24) is 4.90 Å². The number of hydrogen-bond acceptors (Lipinski definition) is 6. The number of halogens is 1. The first-order valence-electron chi connectivity index (χ1n) is 10.8. The lowest BCUT2D eigenvalue weighted by molar-refractivity contribution is -0.130. The van der Waals surface area contributed by atoms with Gasteiger partial charge in [-0.1, -0.05) is 17.7 Å². The molecule has 3 rings (SSSR count). The summed E-state index contributed by atoms with van der Waals surface area (Å²) >= 11 is 6.39. The highest BCUT2D eigenvalue weighted by Crippen LogP contribution is 2.37. The van der Waals surface area contributed by atoms with Crippen LogP contribution in [0.5, 0.6) is 11.5 Å². The Morgan fingerprint density at radius 3 is 2.45 bits per heavy atom. The molecule has 0 aromatic heterocycles. The van der Waals surface area contributed by atoms with Crippen molar-refractivity contribution in [1.29, 1.82) is 0 Å². The number of rotatable bonds is 9. The van der Waals surface area contributed by atoms with E-state index in [4.69, 9.17) is 25.8 Å². The molecule has 176 valence electrons. The van der Waals surface area contributed by atoms with Gasteiger partial charge in [-0.15, -0.1) is 0 Å². The van der Waals surface area contributed by atoms with Crippen LogP contribution >= 0.6 is 11.6 Å². The molecule has 1 heterocycles. The number of ether oxygens (including phenoxy) is 3. The molecule has 0 bridgehead atoms. The largest absolute Gasteiger partial charge is 0.490 e. The molecule has 0 unspecified atom stereocenters. The first-order valence-corrected chi connectivity index (χ1v) is 11.2. The number of carbonyl (C=O) groups is 2. The maximum Gasteiger partial charge on any atom is 0.259 e. The number of nitrogens with zero attached hydrogens (tertiary/aromatic N) is 2. The molecule has 0 atom stereocenters. The van der Waals surface area contributed by atoms with Crippen LogP contribution in [0.25, 0.3) is 6.08 Å². The van der Waals surface area contributed by atoms with Crippen molar-refractivity contribution in [3.05, 3.63) is 58.6 Å². The zero-order valence-electron chi connectivity index (χ0n) is 19.2. The van der Waals surface area contributed by atoms with Crippen molar-refractivity contribution in [3.63, 3.8) is 0 Å². The van der Waals surface area contributed by atoms with Gasteiger partial charge in [0.25, 0.3) is 5.91 Å². The molecule has 0 saturated carbocycles. The van der Waals surface area contributed by atoms with E-state index in [-0.39, 0.29) is 18.3 Å². The summed E-state index contributed by atoms with van der Waals surface area (Å²) in [6.07, 6.45) is 3.18. The van der Waals surface area contributed by atoms with Gasteiger partial charge in [-0.3, -0.25) is 9.59 Å². The number of ketones is 1. The lowest BCUT2D eigenvalue weighted by Gasteiger charge is -2.28. The fraction of sp³-hybridized carbons (Fsp3) is 0.360. The third-order valence-corrected chi connectivity index (χ3v) is 5.41. The van der Waals surface area contributed by atoms with Crippen molar-refractivity contribution < 1.29 is 23.8 Å². The van der Waals surface area contributed by atoms with Gasteiger partial charge in [-0.05, 0) is 55.0 Å². The predicted molar refractivity (Wildman–Crippen MR) is 130 cm³/mol. The van der Waals surface area contributed by atoms with Crippen molar-refractivity contribution >= 4 is 35.1 Å². The first kappa shape index (κ1) is 24.6. The molecule has 7 nitrogen and oxygen atoms in total. The molecular formula is C25H29ClN2O5. The summed E-state index contributed by atoms with van der Waals surface area (Å²) in [6, 6.07) is 11.0. The van der Waals surface area contributed by atoms with Crippen LogP contribution in [0.3, 0.4) is 0 Å². The number of likely N-dealkylation sites (N-methyl/N-ethyl adjacent to an activating group) is 1. The molecule has 0 N–H and O–H groups in total. The number of anilines is 1. The monoisotopic (exact) mass is 472 g/mol. The quantitative estimate of drug-likeness (QED) is 0.407. The molecule has 1 fully saturated rings. The summed E-state index contributed by atoms with van der Waals surface area (Å²) < 4.78 is 16.6. The van der Waals surface area contributed by atoms with Gasteiger partial charge in [0.15, 0.2) is 23.9 Å². The Hall–Kier alpha value is -3.03. The van der Waals surface area contributed by atoms with E-state index >= 15 is 0 Å². The Bertz CT molecular complexity index is 999. The van der Waals surface area contributed by atoms with Crippen LogP contribution in [0.2, 0.25) is 5.02 Å². The number of carbonyl (C=O) groups excluding carboxylic acids is 2. The molecule has 8 heteroatoms. The minimum atomic E-state index is -0.192. The summed E-state index contributed by atoms with van der Waals surface area (Å²) in [6.45, 7) is 5.21. The van der Waals surface area contributed by atoms with E-state index < -0.39 is 0 Å². The molecule has 1 aliphatic heterocycles. The maximum absolute atomic E-state index is 12.7. The lowest BCUT2D eigenvalue weighted by atomic mass is 10.1. The fourth-order valence-electron chi connectivity index (χ4n) is 3.28. The smallest absolute Gasteiger partial charge is 0.259 e. The Kier molecular flexibility index (Phi) is 8.74. The second-order valence-electron chi connectivity index (χ2n) is 7.68. The number of benzene rings is 2. The zero-order chi connectivity index (χ0) is 23.8. The number of amides is 1. The van der Waals surface area contributed by atoms with Crippen LogP contribution in [0.1, 0.15) is 22.8 Å². The van der Waals surface area contributed by atoms with E-state index in [0.29, 0.717) is 47.5 Å². The number of allylic oxidation sites excluding steroid dienone is 1. The molecular weight excluding hydrogens is 444 g/mol. The lowest BCUT2D eigenvalue weighted by Crippen LogP contribution is -2.36. The Balaban J connectivity index is 1.71. The topological polar surface area (TPSA) is 68.3 Å². The molecule has 0 aliphatic carbocycles. The van der Waals surface area contributed by atoms with Crippen molar-refractivity contribution in [2.45, 2.75) is 6.92 Å². The first-order chi connectivity index (χ1) is 15.9. The molecule has 33 heavy (non-hydrogen) atoms. The Morgan fingerprint density at radius 1 is 1.12 bits per heavy atom. The van der Waals surface area contributed by atoms with Gasteiger partial charge in [0, 0.05) is 38.4 Å². The molecule has 2 aromatic rings. The third kappa shape index (κ3) is 6.73. The molecule has 0 radical (unpaired) electrons. The molecule has 1 amide bonds. The van der Waals surface area contributed by atoms with Crippen molar-refractivity contribution in [2.75, 3.05) is 58.5 Å². The second-order valence-corrected chi connectivity index (χ2v) is 8.09. The van der Waals surface area contributed by atoms with Gasteiger partial charge in [0.2, 0.25) is 0 Å². The SMILES string of the molecule is CCOc1cc(/C=C/C(=O)c2ccc(N3CCOCC3)cc2)cc(Cl)c1OCC(=O)N(C)C. The summed E-state index contributed by atoms with van der Waals surface area (Å²) in [7, 11) is 3.30.